The quantitative estimate of drug-likeness (QED) is 0.700. The van der Waals surface area contributed by atoms with Crippen molar-refractivity contribution in [2.75, 3.05) is 26.8 Å². The molecule has 1 fully saturated rings. The smallest absolute Gasteiger partial charge is 0.259 e. The van der Waals surface area contributed by atoms with Crippen molar-refractivity contribution >= 4 is 0 Å². The second-order valence-corrected chi connectivity index (χ2v) is 7.42. The van der Waals surface area contributed by atoms with Crippen LogP contribution in [0.2, 0.25) is 0 Å². The number of rotatable bonds is 6. The Morgan fingerprint density at radius 1 is 1.14 bits per heavy atom. The molecule has 1 saturated heterocycles. The molecule has 4 rings (SSSR count). The molecule has 28 heavy (non-hydrogen) atoms. The molecule has 0 amide bonds. The molecule has 0 spiro atoms. The molecule has 3 aromatic rings. The van der Waals surface area contributed by atoms with E-state index in [-0.39, 0.29) is 5.41 Å². The Bertz CT molecular complexity index is 900. The first-order chi connectivity index (χ1) is 13.6. The maximum atomic E-state index is 5.91. The van der Waals surface area contributed by atoms with Crippen LogP contribution in [0.3, 0.4) is 0 Å². The first-order valence-electron chi connectivity index (χ1n) is 9.43. The zero-order chi connectivity index (χ0) is 19.4. The summed E-state index contributed by atoms with van der Waals surface area (Å²) in [6.45, 7) is 4.95. The van der Waals surface area contributed by atoms with E-state index in [1.165, 1.54) is 6.42 Å². The first-order valence-corrected chi connectivity index (χ1v) is 9.43. The predicted octanol–water partition coefficient (Wildman–Crippen LogP) is 3.58. The van der Waals surface area contributed by atoms with Gasteiger partial charge < -0.3 is 19.3 Å². The molecule has 0 saturated carbocycles. The van der Waals surface area contributed by atoms with Gasteiger partial charge in [-0.25, -0.2) is 4.98 Å². The number of benzene rings is 1. The molecular weight excluding hydrogens is 356 g/mol. The lowest BCUT2D eigenvalue weighted by atomic mass is 9.84. The number of hydrogen-bond donors (Lipinski definition) is 1. The summed E-state index contributed by atoms with van der Waals surface area (Å²) in [5, 5.41) is 7.48. The summed E-state index contributed by atoms with van der Waals surface area (Å²) in [4.78, 5) is 8.85. The van der Waals surface area contributed by atoms with Gasteiger partial charge in [-0.3, -0.25) is 0 Å². The van der Waals surface area contributed by atoms with Crippen LogP contribution in [0, 0.1) is 5.41 Å². The number of methoxy groups -OCH3 is 1. The molecule has 1 aromatic carbocycles. The minimum Gasteiger partial charge on any atom is -0.497 e. The van der Waals surface area contributed by atoms with Crippen LogP contribution < -0.4 is 14.8 Å². The first kappa shape index (κ1) is 18.4. The van der Waals surface area contributed by atoms with Crippen LogP contribution in [0.5, 0.6) is 11.6 Å². The van der Waals surface area contributed by atoms with Crippen molar-refractivity contribution in [2.45, 2.75) is 19.8 Å². The molecule has 1 aliphatic heterocycles. The van der Waals surface area contributed by atoms with Crippen molar-refractivity contribution in [1.29, 1.82) is 0 Å². The van der Waals surface area contributed by atoms with Gasteiger partial charge in [0.1, 0.15) is 5.75 Å². The SMILES string of the molecule is COc1ccc(-c2noc(-c3ccc(OC[C@]4(C)CCCNC4)nc3)n2)cc1. The third-order valence-electron chi connectivity index (χ3n) is 5.01. The second-order valence-electron chi connectivity index (χ2n) is 7.42. The fourth-order valence-corrected chi connectivity index (χ4v) is 3.28. The third kappa shape index (κ3) is 4.14. The molecule has 0 unspecified atom stereocenters. The number of hydrogen-bond acceptors (Lipinski definition) is 7. The summed E-state index contributed by atoms with van der Waals surface area (Å²) in [6, 6.07) is 11.2. The zero-order valence-corrected chi connectivity index (χ0v) is 16.1. The van der Waals surface area contributed by atoms with Gasteiger partial charge in [0.2, 0.25) is 11.7 Å². The standard InChI is InChI=1S/C21H24N4O3/c1-21(10-3-11-22-13-21)14-27-18-9-6-16(12-23-18)20-24-19(25-28-20)15-4-7-17(26-2)8-5-15/h4-9,12,22H,3,10-11,13-14H2,1-2H3/t21-/m1/s1. The minimum absolute atomic E-state index is 0.151. The lowest BCUT2D eigenvalue weighted by molar-refractivity contribution is 0.125. The van der Waals surface area contributed by atoms with Gasteiger partial charge in [0.05, 0.1) is 19.3 Å². The Hall–Kier alpha value is -2.93. The summed E-state index contributed by atoms with van der Waals surface area (Å²) < 4.78 is 16.5. The normalized spacial score (nSPS) is 19.4. The molecule has 1 N–H and O–H groups in total. The molecule has 2 aromatic heterocycles. The van der Waals surface area contributed by atoms with E-state index in [2.05, 4.69) is 27.4 Å². The number of nitrogens with one attached hydrogen (secondary N) is 1. The van der Waals surface area contributed by atoms with E-state index in [0.29, 0.717) is 24.2 Å². The predicted molar refractivity (Wildman–Crippen MR) is 105 cm³/mol. The van der Waals surface area contributed by atoms with Crippen molar-refractivity contribution in [1.82, 2.24) is 20.4 Å². The Morgan fingerprint density at radius 3 is 2.64 bits per heavy atom. The lowest BCUT2D eigenvalue weighted by Crippen LogP contribution is -2.41. The Morgan fingerprint density at radius 2 is 1.96 bits per heavy atom. The van der Waals surface area contributed by atoms with Crippen molar-refractivity contribution in [3.63, 3.8) is 0 Å². The number of ether oxygens (including phenoxy) is 2. The van der Waals surface area contributed by atoms with E-state index < -0.39 is 0 Å². The van der Waals surface area contributed by atoms with Crippen LogP contribution in [-0.2, 0) is 0 Å². The molecule has 0 radical (unpaired) electrons. The van der Waals surface area contributed by atoms with Gasteiger partial charge in [-0.05, 0) is 49.7 Å². The fraction of sp³-hybridized carbons (Fsp3) is 0.381. The molecule has 7 nitrogen and oxygen atoms in total. The average molecular weight is 380 g/mol. The molecule has 0 aliphatic carbocycles. The highest BCUT2D eigenvalue weighted by Crippen LogP contribution is 2.27. The highest BCUT2D eigenvalue weighted by Gasteiger charge is 2.27. The summed E-state index contributed by atoms with van der Waals surface area (Å²) in [5.41, 5.74) is 1.77. The number of nitrogens with zero attached hydrogens (tertiary/aromatic N) is 3. The van der Waals surface area contributed by atoms with Crippen LogP contribution in [-0.4, -0.2) is 41.9 Å². The number of pyridine rings is 1. The maximum absolute atomic E-state index is 5.91. The minimum atomic E-state index is 0.151. The van der Waals surface area contributed by atoms with Gasteiger partial charge in [-0.2, -0.15) is 4.98 Å². The number of piperidine rings is 1. The van der Waals surface area contributed by atoms with Crippen LogP contribution in [0.4, 0.5) is 0 Å². The van der Waals surface area contributed by atoms with Gasteiger partial charge in [0.15, 0.2) is 0 Å². The summed E-state index contributed by atoms with van der Waals surface area (Å²) in [6.07, 6.45) is 4.04. The van der Waals surface area contributed by atoms with E-state index in [0.717, 1.165) is 36.4 Å². The van der Waals surface area contributed by atoms with Crippen molar-refractivity contribution < 1.29 is 14.0 Å². The Labute approximate surface area is 164 Å². The molecule has 1 atom stereocenters. The molecule has 146 valence electrons. The van der Waals surface area contributed by atoms with Gasteiger partial charge in [0, 0.05) is 29.8 Å². The van der Waals surface area contributed by atoms with Crippen LogP contribution >= 0.6 is 0 Å². The molecular formula is C21H24N4O3. The van der Waals surface area contributed by atoms with Crippen molar-refractivity contribution in [3.05, 3.63) is 42.6 Å². The van der Waals surface area contributed by atoms with Crippen molar-refractivity contribution in [3.8, 4) is 34.5 Å². The summed E-state index contributed by atoms with van der Waals surface area (Å²) in [5.74, 6) is 2.33. The molecule has 7 heteroatoms. The molecule has 1 aliphatic rings. The second kappa shape index (κ2) is 7.98. The number of aromatic nitrogens is 3. The summed E-state index contributed by atoms with van der Waals surface area (Å²) in [7, 11) is 1.63. The Balaban J connectivity index is 1.41. The van der Waals surface area contributed by atoms with E-state index in [9.17, 15) is 0 Å². The van der Waals surface area contributed by atoms with Crippen molar-refractivity contribution in [2.24, 2.45) is 5.41 Å². The molecule has 0 bridgehead atoms. The van der Waals surface area contributed by atoms with E-state index in [4.69, 9.17) is 14.0 Å². The monoisotopic (exact) mass is 380 g/mol. The largest absolute Gasteiger partial charge is 0.497 e. The van der Waals surface area contributed by atoms with E-state index >= 15 is 0 Å². The molecule has 3 heterocycles. The Kier molecular flexibility index (Phi) is 5.25. The highest BCUT2D eigenvalue weighted by molar-refractivity contribution is 5.60. The van der Waals surface area contributed by atoms with Crippen LogP contribution in [0.15, 0.2) is 47.1 Å². The van der Waals surface area contributed by atoms with Crippen LogP contribution in [0.1, 0.15) is 19.8 Å². The lowest BCUT2D eigenvalue weighted by Gasteiger charge is -2.33. The third-order valence-corrected chi connectivity index (χ3v) is 5.01. The van der Waals surface area contributed by atoms with Gasteiger partial charge in [-0.1, -0.05) is 12.1 Å². The fourth-order valence-electron chi connectivity index (χ4n) is 3.28. The highest BCUT2D eigenvalue weighted by atomic mass is 16.5. The van der Waals surface area contributed by atoms with E-state index in [1.54, 1.807) is 13.3 Å². The van der Waals surface area contributed by atoms with Gasteiger partial charge >= 0.3 is 0 Å². The topological polar surface area (TPSA) is 82.3 Å². The summed E-state index contributed by atoms with van der Waals surface area (Å²) >= 11 is 0. The average Bonchev–Trinajstić information content (AvgIpc) is 3.24. The van der Waals surface area contributed by atoms with Gasteiger partial charge in [0.25, 0.3) is 5.89 Å². The van der Waals surface area contributed by atoms with Crippen LogP contribution in [0.25, 0.3) is 22.8 Å². The maximum Gasteiger partial charge on any atom is 0.259 e. The van der Waals surface area contributed by atoms with E-state index in [1.807, 2.05) is 36.4 Å². The van der Waals surface area contributed by atoms with Gasteiger partial charge in [-0.15, -0.1) is 0 Å². The zero-order valence-electron chi connectivity index (χ0n) is 16.1.